The van der Waals surface area contributed by atoms with Crippen LogP contribution in [-0.2, 0) is 10.2 Å². The van der Waals surface area contributed by atoms with Crippen LogP contribution in [0.3, 0.4) is 0 Å². The molecule has 0 unspecified atom stereocenters. The summed E-state index contributed by atoms with van der Waals surface area (Å²) >= 11 is 0. The minimum atomic E-state index is -3.49. The van der Waals surface area contributed by atoms with Gasteiger partial charge in [-0.05, 0) is 31.8 Å². The maximum absolute atomic E-state index is 11.1. The van der Waals surface area contributed by atoms with Crippen molar-refractivity contribution in [3.63, 3.8) is 0 Å². The van der Waals surface area contributed by atoms with Gasteiger partial charge in [-0.1, -0.05) is 6.92 Å². The average Bonchev–Trinajstić information content (AvgIpc) is 1.98. The van der Waals surface area contributed by atoms with Gasteiger partial charge in [-0.2, -0.15) is 12.7 Å². The molecule has 1 aliphatic heterocycles. The third-order valence-corrected chi connectivity index (χ3v) is 3.57. The van der Waals surface area contributed by atoms with Crippen LogP contribution in [0.1, 0.15) is 19.8 Å². The molecule has 0 spiro atoms. The van der Waals surface area contributed by atoms with E-state index >= 15 is 0 Å². The highest BCUT2D eigenvalue weighted by atomic mass is 32.2. The molecule has 0 bridgehead atoms. The Morgan fingerprint density at radius 3 is 2.43 bits per heavy atom. The summed E-state index contributed by atoms with van der Waals surface area (Å²) in [6.45, 7) is 5.04. The maximum Gasteiger partial charge on any atom is 0.276 e. The molecule has 0 aromatic heterocycles. The maximum atomic E-state index is 11.1. The largest absolute Gasteiger partial charge is 0.316 e. The topological polar surface area (TPSA) is 75.4 Å². The monoisotopic (exact) mass is 221 g/mol. The van der Waals surface area contributed by atoms with Gasteiger partial charge in [0.25, 0.3) is 10.2 Å². The molecule has 1 fully saturated rings. The molecule has 1 heterocycles. The third-order valence-electron chi connectivity index (χ3n) is 2.49. The first-order chi connectivity index (χ1) is 6.54. The standard InChI is InChI=1S/C8H19N3O2S/c1-2-4-11(14(9,12)13)5-3-8-6-10-7-8/h8,10H,2-7H2,1H3,(H2,9,12,13). The zero-order chi connectivity index (χ0) is 10.6. The molecule has 0 radical (unpaired) electrons. The van der Waals surface area contributed by atoms with Gasteiger partial charge in [-0.15, -0.1) is 0 Å². The summed E-state index contributed by atoms with van der Waals surface area (Å²) < 4.78 is 23.6. The summed E-state index contributed by atoms with van der Waals surface area (Å²) in [5.74, 6) is 0.621. The Morgan fingerprint density at radius 1 is 1.43 bits per heavy atom. The van der Waals surface area contributed by atoms with Gasteiger partial charge in [0.2, 0.25) is 0 Å². The molecule has 3 N–H and O–H groups in total. The van der Waals surface area contributed by atoms with E-state index in [1.165, 1.54) is 4.31 Å². The fourth-order valence-electron chi connectivity index (χ4n) is 1.49. The van der Waals surface area contributed by atoms with Crippen molar-refractivity contribution in [1.82, 2.24) is 9.62 Å². The molecule has 1 aliphatic rings. The van der Waals surface area contributed by atoms with Crippen molar-refractivity contribution < 1.29 is 8.42 Å². The van der Waals surface area contributed by atoms with Gasteiger partial charge in [-0.3, -0.25) is 0 Å². The van der Waals surface area contributed by atoms with Gasteiger partial charge in [0.15, 0.2) is 0 Å². The molecule has 84 valence electrons. The van der Waals surface area contributed by atoms with Crippen molar-refractivity contribution in [2.45, 2.75) is 19.8 Å². The molecule has 0 aromatic rings. The van der Waals surface area contributed by atoms with Crippen LogP contribution in [0.15, 0.2) is 0 Å². The average molecular weight is 221 g/mol. The first-order valence-electron chi connectivity index (χ1n) is 5.02. The lowest BCUT2D eigenvalue weighted by Crippen LogP contribution is -2.45. The highest BCUT2D eigenvalue weighted by molar-refractivity contribution is 7.86. The summed E-state index contributed by atoms with van der Waals surface area (Å²) in [7, 11) is -3.49. The van der Waals surface area contributed by atoms with Gasteiger partial charge in [0.1, 0.15) is 0 Å². The number of rotatable bonds is 6. The number of nitrogens with two attached hydrogens (primary N) is 1. The van der Waals surface area contributed by atoms with Gasteiger partial charge < -0.3 is 5.32 Å². The molecule has 0 aromatic carbocycles. The molecule has 5 nitrogen and oxygen atoms in total. The Bertz CT molecular complexity index is 262. The molecule has 0 amide bonds. The van der Waals surface area contributed by atoms with E-state index in [0.29, 0.717) is 19.0 Å². The van der Waals surface area contributed by atoms with Crippen molar-refractivity contribution in [1.29, 1.82) is 0 Å². The van der Waals surface area contributed by atoms with Gasteiger partial charge >= 0.3 is 0 Å². The lowest BCUT2D eigenvalue weighted by Gasteiger charge is -2.29. The van der Waals surface area contributed by atoms with Gasteiger partial charge in [0, 0.05) is 13.1 Å². The van der Waals surface area contributed by atoms with Crippen molar-refractivity contribution in [3.8, 4) is 0 Å². The molecule has 1 saturated heterocycles. The van der Waals surface area contributed by atoms with Gasteiger partial charge in [0.05, 0.1) is 0 Å². The second-order valence-electron chi connectivity index (χ2n) is 3.76. The lowest BCUT2D eigenvalue weighted by atomic mass is 10.00. The van der Waals surface area contributed by atoms with E-state index in [9.17, 15) is 8.42 Å². The van der Waals surface area contributed by atoms with Crippen LogP contribution in [0, 0.1) is 5.92 Å². The second kappa shape index (κ2) is 5.06. The van der Waals surface area contributed by atoms with Crippen LogP contribution in [0.4, 0.5) is 0 Å². The van der Waals surface area contributed by atoms with Gasteiger partial charge in [-0.25, -0.2) is 5.14 Å². The highest BCUT2D eigenvalue weighted by Gasteiger charge is 2.21. The summed E-state index contributed by atoms with van der Waals surface area (Å²) in [5, 5.41) is 8.25. The second-order valence-corrected chi connectivity index (χ2v) is 5.30. The molecule has 0 atom stereocenters. The Kier molecular flexibility index (Phi) is 4.31. The summed E-state index contributed by atoms with van der Waals surface area (Å²) in [6, 6.07) is 0. The van der Waals surface area contributed by atoms with Crippen molar-refractivity contribution in [2.75, 3.05) is 26.2 Å². The zero-order valence-corrected chi connectivity index (χ0v) is 9.39. The molecular formula is C8H19N3O2S. The van der Waals surface area contributed by atoms with Crippen molar-refractivity contribution in [2.24, 2.45) is 11.1 Å². The van der Waals surface area contributed by atoms with Crippen LogP contribution in [0.5, 0.6) is 0 Å². The minimum Gasteiger partial charge on any atom is -0.316 e. The minimum absolute atomic E-state index is 0.527. The van der Waals surface area contributed by atoms with Crippen molar-refractivity contribution in [3.05, 3.63) is 0 Å². The van der Waals surface area contributed by atoms with E-state index in [-0.39, 0.29) is 0 Å². The summed E-state index contributed by atoms with van der Waals surface area (Å²) in [6.07, 6.45) is 1.71. The van der Waals surface area contributed by atoms with Crippen molar-refractivity contribution >= 4 is 10.2 Å². The molecular weight excluding hydrogens is 202 g/mol. The Labute approximate surface area is 85.8 Å². The molecule has 14 heavy (non-hydrogen) atoms. The lowest BCUT2D eigenvalue weighted by molar-refractivity contribution is 0.290. The third kappa shape index (κ3) is 3.53. The van der Waals surface area contributed by atoms with E-state index in [4.69, 9.17) is 5.14 Å². The van der Waals surface area contributed by atoms with Crippen LogP contribution in [0.25, 0.3) is 0 Å². The Morgan fingerprint density at radius 2 is 2.07 bits per heavy atom. The molecule has 0 saturated carbocycles. The zero-order valence-electron chi connectivity index (χ0n) is 8.57. The summed E-state index contributed by atoms with van der Waals surface area (Å²) in [4.78, 5) is 0. The normalized spacial score (nSPS) is 18.5. The van der Waals surface area contributed by atoms with E-state index in [1.54, 1.807) is 0 Å². The van der Waals surface area contributed by atoms with Crippen LogP contribution < -0.4 is 10.5 Å². The fraction of sp³-hybridized carbons (Fsp3) is 1.00. The first-order valence-corrected chi connectivity index (χ1v) is 6.53. The molecule has 0 aliphatic carbocycles. The van der Waals surface area contributed by atoms with E-state index < -0.39 is 10.2 Å². The number of hydrogen-bond donors (Lipinski definition) is 2. The predicted octanol–water partition coefficient (Wildman–Crippen LogP) is -0.489. The van der Waals surface area contributed by atoms with E-state index in [2.05, 4.69) is 5.32 Å². The number of nitrogens with one attached hydrogen (secondary N) is 1. The number of hydrogen-bond acceptors (Lipinski definition) is 3. The highest BCUT2D eigenvalue weighted by Crippen LogP contribution is 2.10. The molecule has 6 heteroatoms. The quantitative estimate of drug-likeness (QED) is 0.635. The Balaban J connectivity index is 2.34. The SMILES string of the molecule is CCCN(CCC1CNC1)S(N)(=O)=O. The smallest absolute Gasteiger partial charge is 0.276 e. The van der Waals surface area contributed by atoms with Crippen LogP contribution in [-0.4, -0.2) is 38.9 Å². The van der Waals surface area contributed by atoms with E-state index in [0.717, 1.165) is 25.9 Å². The van der Waals surface area contributed by atoms with E-state index in [1.807, 2.05) is 6.92 Å². The number of nitrogens with zero attached hydrogens (tertiary/aromatic N) is 1. The van der Waals surface area contributed by atoms with Crippen LogP contribution >= 0.6 is 0 Å². The predicted molar refractivity (Wildman–Crippen MR) is 55.9 cm³/mol. The first kappa shape index (κ1) is 11.9. The fourth-order valence-corrected chi connectivity index (χ4v) is 2.29. The summed E-state index contributed by atoms with van der Waals surface area (Å²) in [5.41, 5.74) is 0. The van der Waals surface area contributed by atoms with Crippen LogP contribution in [0.2, 0.25) is 0 Å². The Hall–Kier alpha value is -0.170. The molecule has 1 rings (SSSR count).